The molecule has 3 atom stereocenters. The van der Waals surface area contributed by atoms with Crippen LogP contribution in [0.2, 0.25) is 5.02 Å². The molecule has 3 N–H and O–H groups in total. The fourth-order valence-corrected chi connectivity index (χ4v) is 4.62. The molecule has 2 aromatic rings. The molecule has 0 aromatic heterocycles. The van der Waals surface area contributed by atoms with E-state index in [4.69, 9.17) is 16.3 Å². The molecule has 0 spiro atoms. The van der Waals surface area contributed by atoms with Crippen LogP contribution in [0.25, 0.3) is 0 Å². The number of aliphatic hydroxyl groups is 1. The molecular formula is C21H24ClFN2O5S. The molecule has 1 aliphatic heterocycles. The van der Waals surface area contributed by atoms with Gasteiger partial charge < -0.3 is 15.2 Å². The topological polar surface area (TPSA) is 105 Å². The molecule has 10 heteroatoms. The lowest BCUT2D eigenvalue weighted by Gasteiger charge is -2.36. The number of carbonyl (C=O) groups is 1. The van der Waals surface area contributed by atoms with Gasteiger partial charge in [-0.2, -0.15) is 0 Å². The third kappa shape index (κ3) is 6.47. The van der Waals surface area contributed by atoms with Gasteiger partial charge in [-0.1, -0.05) is 17.7 Å². The van der Waals surface area contributed by atoms with E-state index in [0.29, 0.717) is 24.3 Å². The van der Waals surface area contributed by atoms with Crippen molar-refractivity contribution in [3.8, 4) is 0 Å². The second-order valence-electron chi connectivity index (χ2n) is 7.29. The van der Waals surface area contributed by atoms with Crippen molar-refractivity contribution >= 4 is 27.5 Å². The van der Waals surface area contributed by atoms with E-state index in [2.05, 4.69) is 10.0 Å². The maximum absolute atomic E-state index is 13.3. The summed E-state index contributed by atoms with van der Waals surface area (Å²) in [6, 6.07) is 10.8. The van der Waals surface area contributed by atoms with Gasteiger partial charge in [-0.25, -0.2) is 17.5 Å². The highest BCUT2D eigenvalue weighted by Crippen LogP contribution is 2.22. The van der Waals surface area contributed by atoms with E-state index in [1.54, 1.807) is 0 Å². The Morgan fingerprint density at radius 2 is 1.94 bits per heavy atom. The van der Waals surface area contributed by atoms with E-state index in [0.717, 1.165) is 6.07 Å². The average Bonchev–Trinajstić information content (AvgIpc) is 2.74. The number of benzene rings is 2. The molecule has 1 heterocycles. The largest absolute Gasteiger partial charge is 0.394 e. The van der Waals surface area contributed by atoms with Crippen LogP contribution in [0.4, 0.5) is 4.39 Å². The van der Waals surface area contributed by atoms with E-state index in [9.17, 15) is 22.7 Å². The quantitative estimate of drug-likeness (QED) is 0.549. The van der Waals surface area contributed by atoms with E-state index >= 15 is 0 Å². The number of hydrogen-bond donors (Lipinski definition) is 3. The van der Waals surface area contributed by atoms with Gasteiger partial charge in [0.1, 0.15) is 11.9 Å². The number of hydrogen-bond acceptors (Lipinski definition) is 5. The molecule has 0 radical (unpaired) electrons. The Morgan fingerprint density at radius 3 is 2.61 bits per heavy atom. The fraction of sp³-hybridized carbons (Fsp3) is 0.381. The minimum atomic E-state index is -3.66. The fourth-order valence-electron chi connectivity index (χ4n) is 3.44. The van der Waals surface area contributed by atoms with Crippen molar-refractivity contribution in [1.82, 2.24) is 10.0 Å². The Hall–Kier alpha value is -2.04. The first-order chi connectivity index (χ1) is 14.8. The van der Waals surface area contributed by atoms with Gasteiger partial charge in [-0.05, 0) is 61.7 Å². The molecule has 1 amide bonds. The van der Waals surface area contributed by atoms with Crippen LogP contribution in [0.15, 0.2) is 53.4 Å². The number of rotatable bonds is 8. The number of halogens is 2. The van der Waals surface area contributed by atoms with E-state index in [1.807, 2.05) is 0 Å². The molecule has 168 valence electrons. The maximum Gasteiger partial charge on any atom is 0.251 e. The van der Waals surface area contributed by atoms with Crippen LogP contribution in [0.1, 0.15) is 29.6 Å². The lowest BCUT2D eigenvalue weighted by atomic mass is 9.97. The number of aliphatic hydroxyl groups excluding tert-OH is 1. The van der Waals surface area contributed by atoms with Crippen molar-refractivity contribution in [3.05, 3.63) is 64.9 Å². The highest BCUT2D eigenvalue weighted by atomic mass is 35.5. The molecule has 0 aliphatic carbocycles. The number of amides is 1. The summed E-state index contributed by atoms with van der Waals surface area (Å²) in [7, 11) is -3.66. The Kier molecular flexibility index (Phi) is 8.01. The van der Waals surface area contributed by atoms with Crippen LogP contribution >= 0.6 is 11.6 Å². The molecule has 1 aliphatic rings. The maximum atomic E-state index is 13.3. The highest BCUT2D eigenvalue weighted by molar-refractivity contribution is 7.89. The van der Waals surface area contributed by atoms with Crippen molar-refractivity contribution in [2.24, 2.45) is 0 Å². The van der Waals surface area contributed by atoms with Crippen molar-refractivity contribution in [2.45, 2.75) is 42.4 Å². The Balaban J connectivity index is 1.50. The van der Waals surface area contributed by atoms with Gasteiger partial charge in [0.15, 0.2) is 0 Å². The van der Waals surface area contributed by atoms with Crippen molar-refractivity contribution in [3.63, 3.8) is 0 Å². The zero-order chi connectivity index (χ0) is 22.4. The molecule has 7 nitrogen and oxygen atoms in total. The summed E-state index contributed by atoms with van der Waals surface area (Å²) in [5, 5.41) is 12.9. The van der Waals surface area contributed by atoms with Gasteiger partial charge >= 0.3 is 0 Å². The Morgan fingerprint density at radius 1 is 1.19 bits per heavy atom. The molecule has 1 saturated heterocycles. The van der Waals surface area contributed by atoms with Gasteiger partial charge in [0, 0.05) is 17.1 Å². The average molecular weight is 471 g/mol. The van der Waals surface area contributed by atoms with Crippen molar-refractivity contribution < 1.29 is 27.4 Å². The molecule has 3 rings (SSSR count). The van der Waals surface area contributed by atoms with Crippen LogP contribution in [0, 0.1) is 5.82 Å². The lowest BCUT2D eigenvalue weighted by Crippen LogP contribution is -2.51. The van der Waals surface area contributed by atoms with Crippen molar-refractivity contribution in [2.75, 3.05) is 13.2 Å². The first kappa shape index (κ1) is 23.6. The summed E-state index contributed by atoms with van der Waals surface area (Å²) in [6.45, 7) is -0.144. The summed E-state index contributed by atoms with van der Waals surface area (Å²) in [4.78, 5) is 12.5. The molecule has 0 saturated carbocycles. The van der Waals surface area contributed by atoms with Gasteiger partial charge in [-0.3, -0.25) is 4.79 Å². The van der Waals surface area contributed by atoms with Gasteiger partial charge in [-0.15, -0.1) is 0 Å². The summed E-state index contributed by atoms with van der Waals surface area (Å²) in [6.07, 6.45) is 0.624. The Labute approximate surface area is 185 Å². The Bertz CT molecular complexity index is 1000. The summed E-state index contributed by atoms with van der Waals surface area (Å²) in [5.41, 5.74) is 0.190. The third-order valence-corrected chi connectivity index (χ3v) is 6.81. The third-order valence-electron chi connectivity index (χ3n) is 5.08. The lowest BCUT2D eigenvalue weighted by molar-refractivity contribution is -0.0891. The van der Waals surface area contributed by atoms with Crippen LogP contribution in [-0.4, -0.2) is 50.8 Å². The minimum Gasteiger partial charge on any atom is -0.394 e. The predicted octanol–water partition coefficient (Wildman–Crippen LogP) is 2.49. The highest BCUT2D eigenvalue weighted by Gasteiger charge is 2.32. The molecule has 0 bridgehead atoms. The van der Waals surface area contributed by atoms with Gasteiger partial charge in [0.05, 0.1) is 23.6 Å². The first-order valence-electron chi connectivity index (χ1n) is 9.86. The van der Waals surface area contributed by atoms with E-state index in [-0.39, 0.29) is 29.7 Å². The molecular weight excluding hydrogens is 447 g/mol. The predicted molar refractivity (Wildman–Crippen MR) is 114 cm³/mol. The monoisotopic (exact) mass is 470 g/mol. The van der Waals surface area contributed by atoms with Gasteiger partial charge in [0.2, 0.25) is 10.0 Å². The van der Waals surface area contributed by atoms with Crippen LogP contribution < -0.4 is 10.0 Å². The molecule has 31 heavy (non-hydrogen) atoms. The zero-order valence-electron chi connectivity index (χ0n) is 16.6. The van der Waals surface area contributed by atoms with Crippen LogP contribution in [0.3, 0.4) is 0 Å². The van der Waals surface area contributed by atoms with E-state index < -0.39 is 33.9 Å². The summed E-state index contributed by atoms with van der Waals surface area (Å²) in [5.74, 6) is -0.951. The number of ether oxygens (including phenoxy) is 1. The van der Waals surface area contributed by atoms with Gasteiger partial charge in [0.25, 0.3) is 5.91 Å². The minimum absolute atomic E-state index is 0.120. The van der Waals surface area contributed by atoms with Crippen LogP contribution in [0.5, 0.6) is 0 Å². The van der Waals surface area contributed by atoms with Crippen molar-refractivity contribution in [1.29, 1.82) is 0 Å². The smallest absolute Gasteiger partial charge is 0.251 e. The second kappa shape index (κ2) is 10.5. The SMILES string of the molecule is O=C(N[C@@H]1CC[C@H](CCNS(=O)(=O)c2ccc(Cl)cc2)O[C@@H]1CO)c1cccc(F)c1. The normalized spacial score (nSPS) is 21.6. The molecule has 0 unspecified atom stereocenters. The van der Waals surface area contributed by atoms with E-state index in [1.165, 1.54) is 42.5 Å². The first-order valence-corrected chi connectivity index (χ1v) is 11.7. The number of sulfonamides is 1. The number of carbonyl (C=O) groups excluding carboxylic acids is 1. The second-order valence-corrected chi connectivity index (χ2v) is 9.49. The molecule has 1 fully saturated rings. The number of nitrogens with one attached hydrogen (secondary N) is 2. The summed E-state index contributed by atoms with van der Waals surface area (Å²) >= 11 is 5.78. The van der Waals surface area contributed by atoms with Crippen LogP contribution in [-0.2, 0) is 14.8 Å². The standard InChI is InChI=1S/C21H24ClFN2O5S/c22-15-4-7-18(8-5-15)31(28,29)24-11-10-17-6-9-19(20(13-26)30-17)25-21(27)14-2-1-3-16(23)12-14/h1-5,7-8,12,17,19-20,24,26H,6,9-11,13H2,(H,25,27)/t17-,19-,20-/m1/s1. The molecule has 2 aromatic carbocycles. The summed E-state index contributed by atoms with van der Waals surface area (Å²) < 4.78 is 46.4. The zero-order valence-corrected chi connectivity index (χ0v) is 18.2.